The van der Waals surface area contributed by atoms with Crippen LogP contribution >= 0.6 is 0 Å². The summed E-state index contributed by atoms with van der Waals surface area (Å²) in [6.07, 6.45) is 3.49. The third kappa shape index (κ3) is 2.02. The molecule has 8 heteroatoms. The number of anilines is 3. The van der Waals surface area contributed by atoms with Crippen molar-refractivity contribution in [1.29, 1.82) is 0 Å². The van der Waals surface area contributed by atoms with Crippen molar-refractivity contribution in [3.05, 3.63) is 22.5 Å². The van der Waals surface area contributed by atoms with E-state index in [2.05, 4.69) is 15.3 Å². The lowest BCUT2D eigenvalue weighted by molar-refractivity contribution is 0.0864. The molecule has 20 heavy (non-hydrogen) atoms. The number of H-pyrrole nitrogens is 1. The van der Waals surface area contributed by atoms with Crippen LogP contribution in [0, 0.1) is 5.92 Å². The Balaban J connectivity index is 1.92. The van der Waals surface area contributed by atoms with Crippen LogP contribution in [0.2, 0.25) is 0 Å². The van der Waals surface area contributed by atoms with Gasteiger partial charge in [0.25, 0.3) is 5.56 Å². The molecule has 0 saturated carbocycles. The van der Waals surface area contributed by atoms with Gasteiger partial charge in [-0.3, -0.25) is 9.78 Å². The third-order valence-electron chi connectivity index (χ3n) is 3.81. The molecule has 0 amide bonds. The van der Waals surface area contributed by atoms with Crippen LogP contribution in [0.4, 0.5) is 17.5 Å². The fourth-order valence-electron chi connectivity index (χ4n) is 2.70. The van der Waals surface area contributed by atoms with Crippen molar-refractivity contribution in [1.82, 2.24) is 9.97 Å². The largest absolute Gasteiger partial charge is 0.396 e. The Bertz CT molecular complexity index is 599. The summed E-state index contributed by atoms with van der Waals surface area (Å²) < 4.78 is 0. The van der Waals surface area contributed by atoms with E-state index in [-0.39, 0.29) is 30.1 Å². The summed E-state index contributed by atoms with van der Waals surface area (Å²) in [6.45, 7) is 0.360. The molecule has 0 saturated heterocycles. The lowest BCUT2D eigenvalue weighted by Crippen LogP contribution is -2.41. The quantitative estimate of drug-likeness (QED) is 0.432. The van der Waals surface area contributed by atoms with Gasteiger partial charge in [0.2, 0.25) is 5.95 Å². The van der Waals surface area contributed by atoms with Crippen LogP contribution in [0.15, 0.2) is 16.9 Å². The number of rotatable bonds is 2. The van der Waals surface area contributed by atoms with Gasteiger partial charge in [-0.15, -0.1) is 0 Å². The number of aliphatic hydroxyl groups excluding tert-OH is 2. The zero-order chi connectivity index (χ0) is 14.3. The van der Waals surface area contributed by atoms with Gasteiger partial charge in [0.15, 0.2) is 5.82 Å². The van der Waals surface area contributed by atoms with Gasteiger partial charge in [0.05, 0.1) is 18.8 Å². The fraction of sp³-hybridized carbons (Fsp3) is 0.500. The maximum absolute atomic E-state index is 11.8. The number of aromatic amines is 1. The Morgan fingerprint density at radius 1 is 1.50 bits per heavy atom. The maximum atomic E-state index is 11.8. The number of fused-ring (bicyclic) bond motifs is 1. The predicted molar refractivity (Wildman–Crippen MR) is 74.4 cm³/mol. The van der Waals surface area contributed by atoms with E-state index in [1.54, 1.807) is 6.08 Å². The van der Waals surface area contributed by atoms with Crippen LogP contribution in [0.5, 0.6) is 0 Å². The van der Waals surface area contributed by atoms with Gasteiger partial charge in [0, 0.05) is 12.5 Å². The van der Waals surface area contributed by atoms with Crippen molar-refractivity contribution >= 4 is 17.5 Å². The first-order valence-corrected chi connectivity index (χ1v) is 6.47. The molecule has 1 aromatic heterocycles. The lowest BCUT2D eigenvalue weighted by Gasteiger charge is -2.33. The van der Waals surface area contributed by atoms with Gasteiger partial charge in [-0.25, -0.2) is 0 Å². The highest BCUT2D eigenvalue weighted by molar-refractivity contribution is 5.71. The van der Waals surface area contributed by atoms with E-state index >= 15 is 0 Å². The Morgan fingerprint density at radius 3 is 3.05 bits per heavy atom. The van der Waals surface area contributed by atoms with Gasteiger partial charge in [0.1, 0.15) is 5.69 Å². The number of nitrogen functional groups attached to an aromatic ring is 1. The normalized spacial score (nSPS) is 28.3. The van der Waals surface area contributed by atoms with Crippen LogP contribution in [0.3, 0.4) is 0 Å². The molecule has 0 bridgehead atoms. The zero-order valence-electron chi connectivity index (χ0n) is 10.8. The van der Waals surface area contributed by atoms with Gasteiger partial charge in [-0.2, -0.15) is 4.98 Å². The van der Waals surface area contributed by atoms with E-state index in [0.29, 0.717) is 24.6 Å². The second kappa shape index (κ2) is 4.80. The van der Waals surface area contributed by atoms with Gasteiger partial charge >= 0.3 is 0 Å². The van der Waals surface area contributed by atoms with Crippen LogP contribution in [0.1, 0.15) is 6.42 Å². The number of hydrogen-bond acceptors (Lipinski definition) is 7. The lowest BCUT2D eigenvalue weighted by atomic mass is 9.88. The van der Waals surface area contributed by atoms with E-state index in [9.17, 15) is 15.0 Å². The maximum Gasteiger partial charge on any atom is 0.277 e. The van der Waals surface area contributed by atoms with Crippen LogP contribution in [-0.4, -0.2) is 45.6 Å². The summed E-state index contributed by atoms with van der Waals surface area (Å²) in [6, 6.07) is -0.0435. The third-order valence-corrected chi connectivity index (χ3v) is 3.81. The van der Waals surface area contributed by atoms with Crippen molar-refractivity contribution in [3.8, 4) is 0 Å². The molecule has 108 valence electrons. The van der Waals surface area contributed by atoms with E-state index in [0.717, 1.165) is 0 Å². The Morgan fingerprint density at radius 2 is 2.30 bits per heavy atom. The van der Waals surface area contributed by atoms with Crippen molar-refractivity contribution in [2.75, 3.05) is 29.2 Å². The van der Waals surface area contributed by atoms with Crippen molar-refractivity contribution in [3.63, 3.8) is 0 Å². The minimum atomic E-state index is -0.636. The highest BCUT2D eigenvalue weighted by atomic mass is 16.3. The molecule has 1 aliphatic carbocycles. The minimum absolute atomic E-state index is 0.0435. The van der Waals surface area contributed by atoms with Crippen molar-refractivity contribution < 1.29 is 10.2 Å². The van der Waals surface area contributed by atoms with Crippen molar-refractivity contribution in [2.45, 2.75) is 18.6 Å². The monoisotopic (exact) mass is 279 g/mol. The second-order valence-corrected chi connectivity index (χ2v) is 5.08. The summed E-state index contributed by atoms with van der Waals surface area (Å²) >= 11 is 0. The fourth-order valence-corrected chi connectivity index (χ4v) is 2.70. The van der Waals surface area contributed by atoms with E-state index in [4.69, 9.17) is 5.73 Å². The molecule has 1 aromatic rings. The average Bonchev–Trinajstić information content (AvgIpc) is 2.83. The number of nitrogens with two attached hydrogens (primary N) is 1. The molecule has 8 nitrogen and oxygen atoms in total. The topological polar surface area (TPSA) is 128 Å². The first kappa shape index (κ1) is 12.9. The van der Waals surface area contributed by atoms with Gasteiger partial charge in [-0.05, 0) is 6.42 Å². The number of nitrogens with one attached hydrogen (secondary N) is 2. The molecule has 0 unspecified atom stereocenters. The molecular weight excluding hydrogens is 262 g/mol. The highest BCUT2D eigenvalue weighted by Crippen LogP contribution is 2.32. The van der Waals surface area contributed by atoms with Crippen molar-refractivity contribution in [2.24, 2.45) is 5.92 Å². The smallest absolute Gasteiger partial charge is 0.277 e. The molecule has 0 aromatic carbocycles. The highest BCUT2D eigenvalue weighted by Gasteiger charge is 2.33. The van der Waals surface area contributed by atoms with Crippen LogP contribution < -0.4 is 21.5 Å². The Labute approximate surface area is 114 Å². The Kier molecular flexibility index (Phi) is 3.11. The van der Waals surface area contributed by atoms with Gasteiger partial charge < -0.3 is 26.2 Å². The molecule has 1 aliphatic heterocycles. The molecule has 0 fully saturated rings. The van der Waals surface area contributed by atoms with Crippen LogP contribution in [-0.2, 0) is 0 Å². The zero-order valence-corrected chi connectivity index (χ0v) is 10.8. The SMILES string of the molecule is Nc1nc2c(c(=O)[nH]1)NCN2[C@H]1C=C[C@@H](O)[C@H](CO)C1. The number of aliphatic hydroxyl groups is 2. The van der Waals surface area contributed by atoms with E-state index < -0.39 is 6.10 Å². The first-order valence-electron chi connectivity index (χ1n) is 6.47. The minimum Gasteiger partial charge on any atom is -0.396 e. The number of nitrogens with zero attached hydrogens (tertiary/aromatic N) is 2. The summed E-state index contributed by atoms with van der Waals surface area (Å²) in [5, 5.41) is 22.0. The molecule has 3 atom stereocenters. The first-order chi connectivity index (χ1) is 9.60. The number of aromatic nitrogens is 2. The summed E-state index contributed by atoms with van der Waals surface area (Å²) in [7, 11) is 0. The molecule has 0 spiro atoms. The summed E-state index contributed by atoms with van der Waals surface area (Å²) in [5.74, 6) is 0.364. The van der Waals surface area contributed by atoms with E-state index in [1.165, 1.54) is 0 Å². The van der Waals surface area contributed by atoms with Gasteiger partial charge in [-0.1, -0.05) is 12.2 Å². The van der Waals surface area contributed by atoms with E-state index in [1.807, 2.05) is 11.0 Å². The average molecular weight is 279 g/mol. The Hall–Kier alpha value is -2.06. The molecule has 0 radical (unpaired) electrons. The molecule has 2 aliphatic rings. The summed E-state index contributed by atoms with van der Waals surface area (Å²) in [5.41, 5.74) is 5.68. The van der Waals surface area contributed by atoms with Crippen LogP contribution in [0.25, 0.3) is 0 Å². The molecule has 2 heterocycles. The summed E-state index contributed by atoms with van der Waals surface area (Å²) in [4.78, 5) is 20.3. The number of hydrogen-bond donors (Lipinski definition) is 5. The molecule has 6 N–H and O–H groups in total. The second-order valence-electron chi connectivity index (χ2n) is 5.08. The predicted octanol–water partition coefficient (Wildman–Crippen LogP) is -1.16. The molecule has 3 rings (SSSR count). The molecular formula is C12H17N5O3. The standard InChI is InChI=1S/C12H17N5O3/c13-12-15-10-9(11(20)16-12)14-5-17(10)7-1-2-8(19)6(3-7)4-18/h1-2,6-8,14,18-19H,3-5H2,(H3,13,15,16,20)/t6-,7-,8+/m0/s1.